The summed E-state index contributed by atoms with van der Waals surface area (Å²) in [5.74, 6) is -1.61. The van der Waals surface area contributed by atoms with E-state index in [1.807, 2.05) is 29.6 Å². The molecular weight excluding hydrogens is 370 g/mol. The van der Waals surface area contributed by atoms with Crippen LogP contribution in [0.25, 0.3) is 16.3 Å². The third kappa shape index (κ3) is 4.88. The summed E-state index contributed by atoms with van der Waals surface area (Å²) in [4.78, 5) is 10.5. The molecule has 4 rings (SSSR count). The van der Waals surface area contributed by atoms with Crippen molar-refractivity contribution in [3.8, 4) is 0 Å². The average molecular weight is 396 g/mol. The first kappa shape index (κ1) is 19.7. The number of fused-ring (bicyclic) bond motifs is 1. The third-order valence-corrected chi connectivity index (χ3v) is 5.61. The number of benzene rings is 1. The molecule has 3 heterocycles. The summed E-state index contributed by atoms with van der Waals surface area (Å²) in [7, 11) is 0. The van der Waals surface area contributed by atoms with Crippen LogP contribution in [-0.4, -0.2) is 41.7 Å². The lowest BCUT2D eigenvalue weighted by atomic mass is 9.93. The van der Waals surface area contributed by atoms with E-state index in [0.717, 1.165) is 48.5 Å². The van der Waals surface area contributed by atoms with Crippen molar-refractivity contribution in [2.24, 2.45) is 10.9 Å². The lowest BCUT2D eigenvalue weighted by Crippen LogP contribution is -2.41. The maximum Gasteiger partial charge on any atom is 0.257 e. The first-order valence-corrected chi connectivity index (χ1v) is 10.0. The third-order valence-electron chi connectivity index (χ3n) is 5.61. The van der Waals surface area contributed by atoms with Gasteiger partial charge in [-0.2, -0.15) is 0 Å². The maximum atomic E-state index is 13.2. The number of aliphatic imine (C=N–C) groups is 1. The van der Waals surface area contributed by atoms with E-state index in [2.05, 4.69) is 40.1 Å². The molecule has 4 nitrogen and oxygen atoms in total. The molecule has 29 heavy (non-hydrogen) atoms. The van der Waals surface area contributed by atoms with Crippen LogP contribution in [0.15, 0.2) is 53.9 Å². The van der Waals surface area contributed by atoms with Crippen LogP contribution >= 0.6 is 0 Å². The molecule has 1 N–H and O–H groups in total. The van der Waals surface area contributed by atoms with Gasteiger partial charge in [-0.1, -0.05) is 18.7 Å². The summed E-state index contributed by atoms with van der Waals surface area (Å²) >= 11 is 0. The van der Waals surface area contributed by atoms with Crippen molar-refractivity contribution in [3.05, 3.63) is 54.5 Å². The molecule has 0 aliphatic carbocycles. The standard InChI is InChI=1S/C23H26F2N4/c1-16(17-6-9-29(10-7-17)15-23(2,24)25)28-22-12-21-11-18(20-5-8-26-13-20)3-4-19(21)14-27-22/h3-4,8,11-14,17H,1,5-7,9-10,15H2,2H3,(H,27,28). The molecule has 1 fully saturated rings. The van der Waals surface area contributed by atoms with Gasteiger partial charge in [-0.15, -0.1) is 0 Å². The van der Waals surface area contributed by atoms with Crippen LogP contribution in [-0.2, 0) is 0 Å². The Hall–Kier alpha value is -2.60. The van der Waals surface area contributed by atoms with Crippen LogP contribution in [0.1, 0.15) is 31.7 Å². The Morgan fingerprint density at radius 1 is 1.24 bits per heavy atom. The highest BCUT2D eigenvalue weighted by atomic mass is 19.3. The molecule has 0 atom stereocenters. The van der Waals surface area contributed by atoms with Crippen molar-refractivity contribution in [2.75, 3.05) is 25.0 Å². The molecule has 0 radical (unpaired) electrons. The van der Waals surface area contributed by atoms with Gasteiger partial charge < -0.3 is 5.32 Å². The first-order valence-electron chi connectivity index (χ1n) is 10.0. The molecule has 0 unspecified atom stereocenters. The van der Waals surface area contributed by atoms with Crippen molar-refractivity contribution >= 4 is 28.4 Å². The minimum absolute atomic E-state index is 0.171. The van der Waals surface area contributed by atoms with Gasteiger partial charge in [-0.3, -0.25) is 9.89 Å². The molecule has 0 saturated carbocycles. The summed E-state index contributed by atoms with van der Waals surface area (Å²) in [6.07, 6.45) is 8.20. The van der Waals surface area contributed by atoms with Crippen molar-refractivity contribution in [1.29, 1.82) is 0 Å². The fourth-order valence-electron chi connectivity index (χ4n) is 4.05. The van der Waals surface area contributed by atoms with Crippen LogP contribution in [0, 0.1) is 5.92 Å². The fraction of sp³-hybridized carbons (Fsp3) is 0.391. The Morgan fingerprint density at radius 2 is 2.03 bits per heavy atom. The number of hydrogen-bond acceptors (Lipinski definition) is 4. The predicted molar refractivity (Wildman–Crippen MR) is 115 cm³/mol. The van der Waals surface area contributed by atoms with Gasteiger partial charge in [0.1, 0.15) is 5.82 Å². The van der Waals surface area contributed by atoms with Gasteiger partial charge in [0.25, 0.3) is 5.92 Å². The second kappa shape index (κ2) is 8.03. The molecule has 0 bridgehead atoms. The molecule has 2 aromatic rings. The number of likely N-dealkylation sites (tertiary alicyclic amines) is 1. The number of anilines is 1. The summed E-state index contributed by atoms with van der Waals surface area (Å²) in [5, 5.41) is 5.54. The lowest BCUT2D eigenvalue weighted by Gasteiger charge is -2.34. The van der Waals surface area contributed by atoms with Gasteiger partial charge in [0.15, 0.2) is 0 Å². The lowest BCUT2D eigenvalue weighted by molar-refractivity contribution is -0.0210. The Morgan fingerprint density at radius 3 is 2.72 bits per heavy atom. The van der Waals surface area contributed by atoms with Crippen LogP contribution in [0.5, 0.6) is 0 Å². The number of alkyl halides is 2. The van der Waals surface area contributed by atoms with Gasteiger partial charge in [-0.25, -0.2) is 13.8 Å². The zero-order chi connectivity index (χ0) is 20.4. The van der Waals surface area contributed by atoms with E-state index < -0.39 is 5.92 Å². The quantitative estimate of drug-likeness (QED) is 0.716. The predicted octanol–water partition coefficient (Wildman–Crippen LogP) is 5.34. The summed E-state index contributed by atoms with van der Waals surface area (Å²) < 4.78 is 26.4. The number of pyridine rings is 1. The van der Waals surface area contributed by atoms with Crippen LogP contribution < -0.4 is 5.32 Å². The van der Waals surface area contributed by atoms with Gasteiger partial charge in [0.2, 0.25) is 0 Å². The minimum atomic E-state index is -2.64. The zero-order valence-corrected chi connectivity index (χ0v) is 16.7. The van der Waals surface area contributed by atoms with E-state index in [4.69, 9.17) is 0 Å². The van der Waals surface area contributed by atoms with Gasteiger partial charge >= 0.3 is 0 Å². The van der Waals surface area contributed by atoms with E-state index >= 15 is 0 Å². The Kier molecular flexibility index (Phi) is 5.46. The van der Waals surface area contributed by atoms with Crippen molar-refractivity contribution in [1.82, 2.24) is 9.88 Å². The Labute approximate surface area is 170 Å². The molecule has 2 aliphatic rings. The number of aromatic nitrogens is 1. The molecule has 0 amide bonds. The van der Waals surface area contributed by atoms with Crippen LogP contribution in [0.4, 0.5) is 14.6 Å². The van der Waals surface area contributed by atoms with Gasteiger partial charge in [-0.05, 0) is 54.6 Å². The monoisotopic (exact) mass is 396 g/mol. The summed E-state index contributed by atoms with van der Waals surface area (Å²) in [5.41, 5.74) is 3.29. The second-order valence-electron chi connectivity index (χ2n) is 8.09. The number of halogens is 2. The molecule has 0 spiro atoms. The van der Waals surface area contributed by atoms with E-state index in [-0.39, 0.29) is 12.5 Å². The number of hydrogen-bond donors (Lipinski definition) is 1. The SMILES string of the molecule is C=C(Nc1cc2cc(C3=CN=CC3)ccc2cn1)C1CCN(CC(C)(F)F)CC1. The molecular formula is C23H26F2N4. The molecule has 6 heteroatoms. The fourth-order valence-corrected chi connectivity index (χ4v) is 4.05. The van der Waals surface area contributed by atoms with Crippen LogP contribution in [0.2, 0.25) is 0 Å². The normalized spacial score (nSPS) is 18.2. The largest absolute Gasteiger partial charge is 0.344 e. The summed E-state index contributed by atoms with van der Waals surface area (Å²) in [6, 6.07) is 8.38. The molecule has 2 aliphatic heterocycles. The second-order valence-corrected chi connectivity index (χ2v) is 8.09. The number of nitrogens with zero attached hydrogens (tertiary/aromatic N) is 3. The smallest absolute Gasteiger partial charge is 0.257 e. The molecule has 1 saturated heterocycles. The first-order chi connectivity index (χ1) is 13.9. The highest BCUT2D eigenvalue weighted by Gasteiger charge is 2.29. The molecule has 152 valence electrons. The maximum absolute atomic E-state index is 13.2. The molecule has 1 aromatic heterocycles. The minimum Gasteiger partial charge on any atom is -0.344 e. The van der Waals surface area contributed by atoms with E-state index in [1.165, 1.54) is 11.1 Å². The van der Waals surface area contributed by atoms with Crippen molar-refractivity contribution in [2.45, 2.75) is 32.1 Å². The van der Waals surface area contributed by atoms with Gasteiger partial charge in [0, 0.05) is 49.0 Å². The number of rotatable bonds is 6. The highest BCUT2D eigenvalue weighted by molar-refractivity contribution is 5.91. The topological polar surface area (TPSA) is 40.5 Å². The average Bonchev–Trinajstić information content (AvgIpc) is 3.21. The Balaban J connectivity index is 1.40. The number of allylic oxidation sites excluding steroid dienone is 2. The van der Waals surface area contributed by atoms with E-state index in [0.29, 0.717) is 13.1 Å². The molecule has 1 aromatic carbocycles. The highest BCUT2D eigenvalue weighted by Crippen LogP contribution is 2.29. The van der Waals surface area contributed by atoms with E-state index in [1.54, 1.807) is 0 Å². The zero-order valence-electron chi connectivity index (χ0n) is 16.7. The van der Waals surface area contributed by atoms with Gasteiger partial charge in [0.05, 0.1) is 6.54 Å². The Bertz CT molecular complexity index is 966. The van der Waals surface area contributed by atoms with Crippen molar-refractivity contribution in [3.63, 3.8) is 0 Å². The van der Waals surface area contributed by atoms with Crippen molar-refractivity contribution < 1.29 is 8.78 Å². The number of piperidine rings is 1. The summed E-state index contributed by atoms with van der Waals surface area (Å²) in [6.45, 7) is 6.33. The number of nitrogens with one attached hydrogen (secondary N) is 1. The van der Waals surface area contributed by atoms with Crippen LogP contribution in [0.3, 0.4) is 0 Å². The van der Waals surface area contributed by atoms with E-state index in [9.17, 15) is 8.78 Å².